The summed E-state index contributed by atoms with van der Waals surface area (Å²) in [7, 11) is 0. The molecule has 5 nitrogen and oxygen atoms in total. The van der Waals surface area contributed by atoms with E-state index in [1.807, 2.05) is 30.3 Å². The van der Waals surface area contributed by atoms with E-state index in [2.05, 4.69) is 32.9 Å². The van der Waals surface area contributed by atoms with Gasteiger partial charge in [0.15, 0.2) is 0 Å². The van der Waals surface area contributed by atoms with E-state index in [4.69, 9.17) is 0 Å². The van der Waals surface area contributed by atoms with Gasteiger partial charge >= 0.3 is 0 Å². The number of nitrogens with zero attached hydrogens (tertiary/aromatic N) is 3. The van der Waals surface area contributed by atoms with Crippen molar-refractivity contribution in [3.63, 3.8) is 0 Å². The van der Waals surface area contributed by atoms with Gasteiger partial charge in [0.05, 0.1) is 11.9 Å². The highest BCUT2D eigenvalue weighted by molar-refractivity contribution is 5.41. The van der Waals surface area contributed by atoms with Gasteiger partial charge in [0, 0.05) is 31.9 Å². The second-order valence-electron chi connectivity index (χ2n) is 4.20. The summed E-state index contributed by atoms with van der Waals surface area (Å²) >= 11 is 0. The summed E-state index contributed by atoms with van der Waals surface area (Å²) in [5.74, 6) is 0. The molecule has 1 fully saturated rings. The van der Waals surface area contributed by atoms with E-state index in [-0.39, 0.29) is 0 Å². The molecule has 2 N–H and O–H groups in total. The average Bonchev–Trinajstić information content (AvgIpc) is 2.45. The molecule has 96 valence electrons. The van der Waals surface area contributed by atoms with Crippen LogP contribution in [-0.2, 0) is 0 Å². The predicted octanol–water partition coefficient (Wildman–Crippen LogP) is 2.23. The van der Waals surface area contributed by atoms with Crippen LogP contribution < -0.4 is 10.7 Å². The molecule has 1 aliphatic heterocycles. The maximum absolute atomic E-state index is 4.03. The van der Waals surface area contributed by atoms with Crippen LogP contribution in [0.2, 0.25) is 0 Å². The van der Waals surface area contributed by atoms with Crippen LogP contribution in [0.5, 0.6) is 0 Å². The predicted molar refractivity (Wildman–Crippen MR) is 73.1 cm³/mol. The Morgan fingerprint density at radius 1 is 1.28 bits per heavy atom. The van der Waals surface area contributed by atoms with Crippen LogP contribution in [0.4, 0.5) is 5.69 Å². The molecular weight excluding hydrogens is 226 g/mol. The summed E-state index contributed by atoms with van der Waals surface area (Å²) in [5.41, 5.74) is 4.97. The summed E-state index contributed by atoms with van der Waals surface area (Å²) in [6.45, 7) is 6.19. The number of para-hydroxylation sites is 1. The third kappa shape index (κ3) is 3.85. The highest BCUT2D eigenvalue weighted by Crippen LogP contribution is 2.06. The molecule has 0 saturated carbocycles. The molecular formula is C13H19N5. The van der Waals surface area contributed by atoms with E-state index in [0.29, 0.717) is 0 Å². The van der Waals surface area contributed by atoms with Crippen molar-refractivity contribution in [1.82, 2.24) is 10.2 Å². The van der Waals surface area contributed by atoms with E-state index in [9.17, 15) is 0 Å². The lowest BCUT2D eigenvalue weighted by Gasteiger charge is -2.29. The zero-order valence-corrected chi connectivity index (χ0v) is 10.6. The largest absolute Gasteiger partial charge is 0.371 e. The third-order valence-electron chi connectivity index (χ3n) is 2.87. The zero-order chi connectivity index (χ0) is 12.6. The molecule has 1 aromatic rings. The molecule has 1 heterocycles. The molecule has 0 unspecified atom stereocenters. The van der Waals surface area contributed by atoms with Crippen molar-refractivity contribution in [2.75, 3.05) is 31.6 Å². The number of hydrogen-bond acceptors (Lipinski definition) is 4. The van der Waals surface area contributed by atoms with Gasteiger partial charge in [-0.3, -0.25) is 5.43 Å². The Balaban J connectivity index is 1.82. The summed E-state index contributed by atoms with van der Waals surface area (Å²) in [4.78, 5) is 2.30. The Bertz CT molecular complexity index is 407. The van der Waals surface area contributed by atoms with E-state index >= 15 is 0 Å². The maximum atomic E-state index is 4.03. The highest BCUT2D eigenvalue weighted by Gasteiger charge is 2.08. The molecule has 1 aromatic carbocycles. The lowest BCUT2D eigenvalue weighted by atomic mass is 10.3. The molecule has 0 atom stereocenters. The Morgan fingerprint density at radius 3 is 2.72 bits per heavy atom. The zero-order valence-electron chi connectivity index (χ0n) is 10.6. The lowest BCUT2D eigenvalue weighted by molar-refractivity contribution is 0.299. The number of allylic oxidation sites excluding steroid dienone is 1. The minimum atomic E-state index is 0.939. The summed E-state index contributed by atoms with van der Waals surface area (Å²) < 4.78 is 0. The van der Waals surface area contributed by atoms with Gasteiger partial charge in [0.1, 0.15) is 0 Å². The summed E-state index contributed by atoms with van der Waals surface area (Å²) in [6, 6.07) is 9.79. The van der Waals surface area contributed by atoms with Gasteiger partial charge in [0.2, 0.25) is 0 Å². The van der Waals surface area contributed by atoms with E-state index in [1.165, 1.54) is 0 Å². The van der Waals surface area contributed by atoms with Crippen LogP contribution in [0.1, 0.15) is 6.92 Å². The molecule has 0 amide bonds. The van der Waals surface area contributed by atoms with Crippen LogP contribution in [0, 0.1) is 0 Å². The molecule has 0 aromatic heterocycles. The average molecular weight is 245 g/mol. The molecule has 1 aliphatic rings. The Labute approximate surface area is 108 Å². The van der Waals surface area contributed by atoms with Crippen molar-refractivity contribution in [2.24, 2.45) is 10.3 Å². The van der Waals surface area contributed by atoms with Crippen molar-refractivity contribution < 1.29 is 0 Å². The first-order valence-electron chi connectivity index (χ1n) is 6.19. The fourth-order valence-electron chi connectivity index (χ4n) is 1.81. The van der Waals surface area contributed by atoms with Gasteiger partial charge < -0.3 is 10.2 Å². The standard InChI is InChI=1S/C13H19N5/c1-12(18-9-7-14-8-10-18)11-15-17-16-13-5-3-2-4-6-13/h2-6,11,14H,7-10H2,1H3,(H,15,16)/b12-11+. The van der Waals surface area contributed by atoms with Gasteiger partial charge in [-0.15, -0.1) is 5.11 Å². The number of benzene rings is 1. The van der Waals surface area contributed by atoms with Crippen LogP contribution in [-0.4, -0.2) is 31.1 Å². The van der Waals surface area contributed by atoms with Crippen molar-refractivity contribution in [2.45, 2.75) is 6.92 Å². The summed E-state index contributed by atoms with van der Waals surface area (Å²) in [5, 5.41) is 11.3. The van der Waals surface area contributed by atoms with Crippen molar-refractivity contribution in [3.8, 4) is 0 Å². The van der Waals surface area contributed by atoms with Crippen LogP contribution in [0.3, 0.4) is 0 Å². The molecule has 5 heteroatoms. The molecule has 2 rings (SSSR count). The Kier molecular flexibility index (Phi) is 4.72. The van der Waals surface area contributed by atoms with Gasteiger partial charge in [-0.1, -0.05) is 23.4 Å². The SMILES string of the molecule is C/C(=C\N=N/Nc1ccccc1)N1CCNCC1. The van der Waals surface area contributed by atoms with E-state index < -0.39 is 0 Å². The molecule has 0 spiro atoms. The molecule has 0 bridgehead atoms. The number of anilines is 1. The van der Waals surface area contributed by atoms with Crippen LogP contribution in [0.25, 0.3) is 0 Å². The number of hydrogen-bond donors (Lipinski definition) is 2. The summed E-state index contributed by atoms with van der Waals surface area (Å²) in [6.07, 6.45) is 1.79. The first-order valence-corrected chi connectivity index (χ1v) is 6.19. The van der Waals surface area contributed by atoms with Gasteiger partial charge in [0.25, 0.3) is 0 Å². The first kappa shape index (κ1) is 12.6. The molecule has 0 radical (unpaired) electrons. The monoisotopic (exact) mass is 245 g/mol. The second-order valence-corrected chi connectivity index (χ2v) is 4.20. The normalized spacial score (nSPS) is 17.2. The quantitative estimate of drug-likeness (QED) is 0.632. The Hall–Kier alpha value is -1.88. The lowest BCUT2D eigenvalue weighted by Crippen LogP contribution is -2.42. The topological polar surface area (TPSA) is 52.0 Å². The molecule has 18 heavy (non-hydrogen) atoms. The number of rotatable bonds is 4. The van der Waals surface area contributed by atoms with Gasteiger partial charge in [-0.25, -0.2) is 0 Å². The van der Waals surface area contributed by atoms with Crippen molar-refractivity contribution >= 4 is 5.69 Å². The van der Waals surface area contributed by atoms with E-state index in [1.54, 1.807) is 6.20 Å². The van der Waals surface area contributed by atoms with Crippen molar-refractivity contribution in [3.05, 3.63) is 42.2 Å². The second kappa shape index (κ2) is 6.76. The Morgan fingerprint density at radius 2 is 2.00 bits per heavy atom. The minimum absolute atomic E-state index is 0.939. The minimum Gasteiger partial charge on any atom is -0.371 e. The van der Waals surface area contributed by atoms with Gasteiger partial charge in [-0.2, -0.15) is 0 Å². The third-order valence-corrected chi connectivity index (χ3v) is 2.87. The maximum Gasteiger partial charge on any atom is 0.0701 e. The van der Waals surface area contributed by atoms with Crippen LogP contribution >= 0.6 is 0 Å². The van der Waals surface area contributed by atoms with Gasteiger partial charge in [-0.05, 0) is 19.1 Å². The van der Waals surface area contributed by atoms with Crippen molar-refractivity contribution in [1.29, 1.82) is 0 Å². The number of nitrogens with one attached hydrogen (secondary N) is 2. The van der Waals surface area contributed by atoms with Crippen LogP contribution in [0.15, 0.2) is 52.6 Å². The number of piperazine rings is 1. The first-order chi connectivity index (χ1) is 8.86. The van der Waals surface area contributed by atoms with E-state index in [0.717, 1.165) is 37.6 Å². The molecule has 1 saturated heterocycles. The molecule has 0 aliphatic carbocycles. The fraction of sp³-hybridized carbons (Fsp3) is 0.385. The fourth-order valence-corrected chi connectivity index (χ4v) is 1.81. The highest BCUT2D eigenvalue weighted by atomic mass is 15.4. The smallest absolute Gasteiger partial charge is 0.0701 e.